The number of hydrogen-bond donors (Lipinski definition) is 2. The van der Waals surface area contributed by atoms with Crippen LogP contribution in [-0.4, -0.2) is 20.1 Å². The molecule has 1 aliphatic rings. The van der Waals surface area contributed by atoms with Gasteiger partial charge in [-0.25, -0.2) is 13.1 Å². The fourth-order valence-electron chi connectivity index (χ4n) is 2.71. The van der Waals surface area contributed by atoms with E-state index in [4.69, 9.17) is 23.2 Å². The van der Waals surface area contributed by atoms with Gasteiger partial charge in [0.05, 0.1) is 11.6 Å². The Bertz CT molecular complexity index is 619. The minimum Gasteiger partial charge on any atom is -0.392 e. The van der Waals surface area contributed by atoms with Crippen molar-refractivity contribution in [2.75, 3.05) is 6.54 Å². The van der Waals surface area contributed by atoms with Crippen molar-refractivity contribution in [1.29, 1.82) is 0 Å². The van der Waals surface area contributed by atoms with Crippen molar-refractivity contribution < 1.29 is 13.5 Å². The summed E-state index contributed by atoms with van der Waals surface area (Å²) in [7, 11) is -3.70. The van der Waals surface area contributed by atoms with Crippen LogP contribution in [0.3, 0.4) is 0 Å². The molecule has 2 unspecified atom stereocenters. The van der Waals surface area contributed by atoms with Gasteiger partial charge in [0.1, 0.15) is 4.90 Å². The second kappa shape index (κ2) is 6.84. The summed E-state index contributed by atoms with van der Waals surface area (Å²) in [4.78, 5) is -0.0383. The number of nitrogens with one attached hydrogen (secondary N) is 1. The monoisotopic (exact) mass is 351 g/mol. The van der Waals surface area contributed by atoms with Gasteiger partial charge in [-0.15, -0.1) is 0 Å². The lowest BCUT2D eigenvalue weighted by molar-refractivity contribution is 0.281. The highest BCUT2D eigenvalue weighted by molar-refractivity contribution is 7.89. The average Bonchev–Trinajstić information content (AvgIpc) is 2.82. The number of hydrogen-bond acceptors (Lipinski definition) is 3. The topological polar surface area (TPSA) is 66.4 Å². The summed E-state index contributed by atoms with van der Waals surface area (Å²) in [5.74, 6) is 1.03. The van der Waals surface area contributed by atoms with Crippen molar-refractivity contribution >= 4 is 33.2 Å². The summed E-state index contributed by atoms with van der Waals surface area (Å²) >= 11 is 11.9. The molecule has 1 aromatic carbocycles. The van der Waals surface area contributed by atoms with Crippen molar-refractivity contribution in [3.63, 3.8) is 0 Å². The van der Waals surface area contributed by atoms with E-state index in [1.54, 1.807) is 0 Å². The minimum atomic E-state index is -3.70. The summed E-state index contributed by atoms with van der Waals surface area (Å²) in [6.07, 6.45) is 3.22. The quantitative estimate of drug-likeness (QED) is 0.855. The second-order valence-corrected chi connectivity index (χ2v) is 8.22. The van der Waals surface area contributed by atoms with Crippen molar-refractivity contribution in [2.45, 2.75) is 37.7 Å². The van der Waals surface area contributed by atoms with E-state index in [1.165, 1.54) is 12.1 Å². The van der Waals surface area contributed by atoms with E-state index in [0.29, 0.717) is 23.9 Å². The molecule has 7 heteroatoms. The van der Waals surface area contributed by atoms with Crippen LogP contribution in [0, 0.1) is 11.8 Å². The predicted molar refractivity (Wildman–Crippen MR) is 84.1 cm³/mol. The Morgan fingerprint density at radius 1 is 1.29 bits per heavy atom. The van der Waals surface area contributed by atoms with E-state index in [-0.39, 0.29) is 21.5 Å². The van der Waals surface area contributed by atoms with Crippen molar-refractivity contribution in [2.24, 2.45) is 11.8 Å². The Kier molecular flexibility index (Phi) is 5.54. The maximum absolute atomic E-state index is 12.4. The molecule has 1 saturated carbocycles. The molecule has 0 aromatic heterocycles. The first-order valence-corrected chi connectivity index (χ1v) is 9.16. The van der Waals surface area contributed by atoms with Gasteiger partial charge < -0.3 is 5.11 Å². The zero-order valence-electron chi connectivity index (χ0n) is 11.8. The van der Waals surface area contributed by atoms with E-state index in [2.05, 4.69) is 11.6 Å². The third kappa shape index (κ3) is 4.11. The number of sulfonamides is 1. The van der Waals surface area contributed by atoms with Gasteiger partial charge in [-0.3, -0.25) is 0 Å². The smallest absolute Gasteiger partial charge is 0.242 e. The Hall–Kier alpha value is -0.330. The van der Waals surface area contributed by atoms with Gasteiger partial charge in [-0.1, -0.05) is 36.5 Å². The molecule has 2 N–H and O–H groups in total. The molecule has 0 heterocycles. The predicted octanol–water partition coefficient (Wildman–Crippen LogP) is 3.20. The van der Waals surface area contributed by atoms with Gasteiger partial charge in [0.15, 0.2) is 0 Å². The zero-order valence-corrected chi connectivity index (χ0v) is 14.1. The van der Waals surface area contributed by atoms with Gasteiger partial charge in [-0.2, -0.15) is 0 Å². The van der Waals surface area contributed by atoms with Crippen LogP contribution in [0.1, 0.15) is 31.7 Å². The molecular formula is C14H19Cl2NO3S. The molecule has 1 aromatic rings. The van der Waals surface area contributed by atoms with E-state index in [9.17, 15) is 13.5 Å². The van der Waals surface area contributed by atoms with Crippen LogP contribution in [0.25, 0.3) is 0 Å². The first-order chi connectivity index (χ1) is 9.83. The van der Waals surface area contributed by atoms with Crippen molar-refractivity contribution in [3.05, 3.63) is 27.7 Å². The van der Waals surface area contributed by atoms with E-state index < -0.39 is 10.0 Å². The van der Waals surface area contributed by atoms with Crippen LogP contribution >= 0.6 is 23.2 Å². The molecule has 21 heavy (non-hydrogen) atoms. The van der Waals surface area contributed by atoms with Gasteiger partial charge in [0.2, 0.25) is 10.0 Å². The van der Waals surface area contributed by atoms with Crippen LogP contribution in [-0.2, 0) is 16.6 Å². The summed E-state index contributed by atoms with van der Waals surface area (Å²) in [5, 5.41) is 9.50. The van der Waals surface area contributed by atoms with Gasteiger partial charge in [-0.05, 0) is 42.4 Å². The molecule has 118 valence electrons. The number of halogens is 2. The Morgan fingerprint density at radius 2 is 2.00 bits per heavy atom. The van der Waals surface area contributed by atoms with Crippen LogP contribution < -0.4 is 4.72 Å². The van der Waals surface area contributed by atoms with Crippen LogP contribution in [0.2, 0.25) is 10.0 Å². The Morgan fingerprint density at radius 3 is 2.57 bits per heavy atom. The van der Waals surface area contributed by atoms with E-state index >= 15 is 0 Å². The molecule has 0 spiro atoms. The molecule has 0 amide bonds. The van der Waals surface area contributed by atoms with Gasteiger partial charge >= 0.3 is 0 Å². The number of aliphatic hydroxyl groups is 1. The van der Waals surface area contributed by atoms with Crippen LogP contribution in [0.4, 0.5) is 0 Å². The molecule has 2 atom stereocenters. The molecule has 1 fully saturated rings. The maximum atomic E-state index is 12.4. The van der Waals surface area contributed by atoms with Crippen LogP contribution in [0.5, 0.6) is 0 Å². The molecule has 1 aliphatic carbocycles. The summed E-state index contributed by atoms with van der Waals surface area (Å²) < 4.78 is 27.3. The highest BCUT2D eigenvalue weighted by Crippen LogP contribution is 2.31. The summed E-state index contributed by atoms with van der Waals surface area (Å²) in [5.41, 5.74) is 0.343. The van der Waals surface area contributed by atoms with Gasteiger partial charge in [0.25, 0.3) is 0 Å². The molecular weight excluding hydrogens is 333 g/mol. The van der Waals surface area contributed by atoms with Crippen molar-refractivity contribution in [1.82, 2.24) is 4.72 Å². The SMILES string of the molecule is CC1CCC(CNS(=O)(=O)c2cc(CO)c(Cl)cc2Cl)C1. The highest BCUT2D eigenvalue weighted by Gasteiger charge is 2.25. The van der Waals surface area contributed by atoms with E-state index in [1.807, 2.05) is 0 Å². The zero-order chi connectivity index (χ0) is 15.6. The third-order valence-electron chi connectivity index (χ3n) is 3.93. The number of rotatable bonds is 5. The lowest BCUT2D eigenvalue weighted by Crippen LogP contribution is -2.29. The maximum Gasteiger partial charge on any atom is 0.242 e. The molecule has 0 radical (unpaired) electrons. The highest BCUT2D eigenvalue weighted by atomic mass is 35.5. The second-order valence-electron chi connectivity index (χ2n) is 5.67. The van der Waals surface area contributed by atoms with Crippen molar-refractivity contribution in [3.8, 4) is 0 Å². The first kappa shape index (κ1) is 17.0. The average molecular weight is 352 g/mol. The Labute approximate surface area is 135 Å². The molecule has 0 bridgehead atoms. The van der Waals surface area contributed by atoms with Gasteiger partial charge in [0, 0.05) is 11.6 Å². The lowest BCUT2D eigenvalue weighted by atomic mass is 10.1. The van der Waals surface area contributed by atoms with E-state index in [0.717, 1.165) is 19.3 Å². The number of aliphatic hydroxyl groups excluding tert-OH is 1. The fraction of sp³-hybridized carbons (Fsp3) is 0.571. The normalized spacial score (nSPS) is 22.7. The first-order valence-electron chi connectivity index (χ1n) is 6.92. The summed E-state index contributed by atoms with van der Waals surface area (Å²) in [6.45, 7) is 2.26. The Balaban J connectivity index is 2.15. The molecule has 2 rings (SSSR count). The lowest BCUT2D eigenvalue weighted by Gasteiger charge is -2.14. The van der Waals surface area contributed by atoms with Crippen LogP contribution in [0.15, 0.2) is 17.0 Å². The summed E-state index contributed by atoms with van der Waals surface area (Å²) in [6, 6.07) is 2.67. The molecule has 0 saturated heterocycles. The molecule has 4 nitrogen and oxygen atoms in total. The number of benzene rings is 1. The third-order valence-corrected chi connectivity index (χ3v) is 6.17. The molecule has 0 aliphatic heterocycles. The standard InChI is InChI=1S/C14H19Cl2NO3S/c1-9-2-3-10(4-9)7-17-21(19,20)14-5-11(8-18)12(15)6-13(14)16/h5-6,9-10,17-18H,2-4,7-8H2,1H3. The minimum absolute atomic E-state index is 0.0383. The fourth-order valence-corrected chi connectivity index (χ4v) is 4.69. The largest absolute Gasteiger partial charge is 0.392 e.